The van der Waals surface area contributed by atoms with Crippen molar-refractivity contribution in [1.29, 1.82) is 0 Å². The molecule has 0 saturated carbocycles. The number of benzene rings is 2. The second kappa shape index (κ2) is 12.3. The van der Waals surface area contributed by atoms with Gasteiger partial charge in [-0.1, -0.05) is 54.1 Å². The number of aromatic nitrogens is 2. The Kier molecular flexibility index (Phi) is 8.23. The van der Waals surface area contributed by atoms with Crippen molar-refractivity contribution >= 4 is 28.8 Å². The number of hydrogen-bond donors (Lipinski definition) is 0. The van der Waals surface area contributed by atoms with Gasteiger partial charge in [0.25, 0.3) is 5.91 Å². The molecule has 0 unspecified atom stereocenters. The first-order valence-electron chi connectivity index (χ1n) is 13.7. The molecule has 0 radical (unpaired) electrons. The molecule has 6 rings (SSSR count). The highest BCUT2D eigenvalue weighted by atomic mass is 35.5. The van der Waals surface area contributed by atoms with Crippen LogP contribution in [0.2, 0.25) is 5.02 Å². The van der Waals surface area contributed by atoms with E-state index in [4.69, 9.17) is 25.7 Å². The van der Waals surface area contributed by atoms with Crippen molar-refractivity contribution in [2.24, 2.45) is 0 Å². The number of ether oxygens (including phenoxy) is 1. The van der Waals surface area contributed by atoms with Gasteiger partial charge in [0.15, 0.2) is 0 Å². The highest BCUT2D eigenvalue weighted by Crippen LogP contribution is 2.31. The summed E-state index contributed by atoms with van der Waals surface area (Å²) < 4.78 is 13.7. The normalized spacial score (nSPS) is 14.0. The third-order valence-corrected chi connectivity index (χ3v) is 8.54. The molecule has 210 valence electrons. The fourth-order valence-corrected chi connectivity index (χ4v) is 6.04. The van der Waals surface area contributed by atoms with Crippen molar-refractivity contribution in [2.75, 3.05) is 26.2 Å². The Morgan fingerprint density at radius 2 is 1.78 bits per heavy atom. The van der Waals surface area contributed by atoms with Crippen molar-refractivity contribution in [3.8, 4) is 17.1 Å². The zero-order chi connectivity index (χ0) is 28.2. The molecule has 7 nitrogen and oxygen atoms in total. The van der Waals surface area contributed by atoms with E-state index in [0.29, 0.717) is 42.6 Å². The predicted octanol–water partition coefficient (Wildman–Crippen LogP) is 6.75. The molecule has 0 bridgehead atoms. The number of rotatable bonds is 9. The van der Waals surface area contributed by atoms with Gasteiger partial charge in [0.2, 0.25) is 0 Å². The summed E-state index contributed by atoms with van der Waals surface area (Å²) in [5.74, 6) is 1.49. The van der Waals surface area contributed by atoms with Crippen LogP contribution in [0.25, 0.3) is 11.4 Å². The number of amides is 1. The molecule has 5 aromatic rings. The summed E-state index contributed by atoms with van der Waals surface area (Å²) in [6.45, 7) is 6.81. The van der Waals surface area contributed by atoms with Gasteiger partial charge in [-0.15, -0.1) is 11.3 Å². The lowest BCUT2D eigenvalue weighted by molar-refractivity contribution is 0.0627. The Hall–Kier alpha value is -3.85. The number of para-hydroxylation sites is 1. The smallest absolute Gasteiger partial charge is 0.255 e. The van der Waals surface area contributed by atoms with Gasteiger partial charge < -0.3 is 18.6 Å². The van der Waals surface area contributed by atoms with Gasteiger partial charge in [0, 0.05) is 43.8 Å². The summed E-state index contributed by atoms with van der Waals surface area (Å²) >= 11 is 7.77. The second-order valence-corrected chi connectivity index (χ2v) is 11.4. The van der Waals surface area contributed by atoms with E-state index < -0.39 is 0 Å². The molecule has 1 amide bonds. The molecule has 0 atom stereocenters. The Balaban J connectivity index is 1.20. The molecule has 9 heteroatoms. The predicted molar refractivity (Wildman–Crippen MR) is 161 cm³/mol. The number of nitrogens with zero attached hydrogens (tertiary/aromatic N) is 4. The van der Waals surface area contributed by atoms with Crippen molar-refractivity contribution in [1.82, 2.24) is 19.4 Å². The molecule has 3 aromatic heterocycles. The average Bonchev–Trinajstić information content (AvgIpc) is 3.75. The molecular weight excluding hydrogens is 556 g/mol. The number of halogens is 1. The van der Waals surface area contributed by atoms with E-state index >= 15 is 0 Å². The lowest BCUT2D eigenvalue weighted by atomic mass is 10.1. The fourth-order valence-electron chi connectivity index (χ4n) is 5.15. The summed E-state index contributed by atoms with van der Waals surface area (Å²) in [6.07, 6.45) is 1.67. The number of furan rings is 1. The largest absolute Gasteiger partial charge is 0.485 e. The van der Waals surface area contributed by atoms with E-state index in [1.807, 2.05) is 59.7 Å². The van der Waals surface area contributed by atoms with Gasteiger partial charge in [-0.2, -0.15) is 0 Å². The van der Waals surface area contributed by atoms with E-state index in [-0.39, 0.29) is 5.91 Å². The van der Waals surface area contributed by atoms with Gasteiger partial charge in [-0.3, -0.25) is 9.69 Å². The zero-order valence-electron chi connectivity index (χ0n) is 22.8. The lowest BCUT2D eigenvalue weighted by Gasteiger charge is -2.34. The minimum atomic E-state index is 0.0545. The Morgan fingerprint density at radius 1 is 1.00 bits per heavy atom. The highest BCUT2D eigenvalue weighted by molar-refractivity contribution is 7.09. The highest BCUT2D eigenvalue weighted by Gasteiger charge is 2.27. The number of thiazole rings is 1. The van der Waals surface area contributed by atoms with E-state index in [0.717, 1.165) is 47.5 Å². The van der Waals surface area contributed by atoms with Crippen molar-refractivity contribution in [3.63, 3.8) is 0 Å². The lowest BCUT2D eigenvalue weighted by Crippen LogP contribution is -2.48. The summed E-state index contributed by atoms with van der Waals surface area (Å²) in [4.78, 5) is 23.0. The topological polar surface area (TPSA) is 63.7 Å². The van der Waals surface area contributed by atoms with E-state index in [1.54, 1.807) is 12.3 Å². The van der Waals surface area contributed by atoms with Gasteiger partial charge in [-0.25, -0.2) is 4.98 Å². The quantitative estimate of drug-likeness (QED) is 0.191. The third-order valence-electron chi connectivity index (χ3n) is 7.40. The first kappa shape index (κ1) is 27.3. The molecule has 0 aliphatic carbocycles. The minimum absolute atomic E-state index is 0.0545. The Bertz CT molecular complexity index is 1610. The van der Waals surface area contributed by atoms with Crippen LogP contribution >= 0.6 is 22.9 Å². The molecule has 2 aromatic carbocycles. The number of carbonyl (C=O) groups excluding carboxylic acids is 1. The zero-order valence-corrected chi connectivity index (χ0v) is 24.4. The van der Waals surface area contributed by atoms with E-state index in [1.165, 1.54) is 16.9 Å². The molecular formula is C32H31ClN4O3S. The molecule has 1 fully saturated rings. The monoisotopic (exact) mass is 586 g/mol. The number of hydrogen-bond acceptors (Lipinski definition) is 6. The number of carbonyl (C=O) groups is 1. The molecule has 41 heavy (non-hydrogen) atoms. The van der Waals surface area contributed by atoms with Crippen LogP contribution in [0.3, 0.4) is 0 Å². The molecule has 0 spiro atoms. The van der Waals surface area contributed by atoms with Crippen LogP contribution in [0.1, 0.15) is 32.4 Å². The summed E-state index contributed by atoms with van der Waals surface area (Å²) in [6, 6.07) is 23.7. The molecule has 1 aliphatic heterocycles. The molecule has 0 N–H and O–H groups in total. The standard InChI is InChI=1S/C32H31ClN4O3S/c1-23-26(32(38)36-15-13-35(14-16-36)19-24-8-3-2-4-9-24)18-29(37(23)20-25-10-7-17-39-25)28-22-41-31(34-28)21-40-30-12-6-5-11-27(30)33/h2-12,17-18,22H,13-16,19-21H2,1H3. The molecule has 4 heterocycles. The first-order chi connectivity index (χ1) is 20.0. The van der Waals surface area contributed by atoms with Crippen LogP contribution < -0.4 is 4.74 Å². The fraction of sp³-hybridized carbons (Fsp3) is 0.250. The third kappa shape index (κ3) is 6.25. The van der Waals surface area contributed by atoms with Crippen LogP contribution in [-0.4, -0.2) is 51.4 Å². The molecule has 1 aliphatic rings. The van der Waals surface area contributed by atoms with Crippen LogP contribution in [0.5, 0.6) is 5.75 Å². The number of piperazine rings is 1. The van der Waals surface area contributed by atoms with Crippen LogP contribution in [-0.2, 0) is 19.7 Å². The second-order valence-electron chi connectivity index (χ2n) is 10.1. The average molecular weight is 587 g/mol. The van der Waals surface area contributed by atoms with Crippen molar-refractivity contribution in [2.45, 2.75) is 26.6 Å². The van der Waals surface area contributed by atoms with Crippen LogP contribution in [0.15, 0.2) is 88.9 Å². The summed E-state index contributed by atoms with van der Waals surface area (Å²) in [5, 5.41) is 3.40. The SMILES string of the molecule is Cc1c(C(=O)N2CCN(Cc3ccccc3)CC2)cc(-c2csc(COc3ccccc3Cl)n2)n1Cc1ccco1. The van der Waals surface area contributed by atoms with Crippen molar-refractivity contribution in [3.05, 3.63) is 117 Å². The van der Waals surface area contributed by atoms with E-state index in [2.05, 4.69) is 33.7 Å². The van der Waals surface area contributed by atoms with Crippen molar-refractivity contribution < 1.29 is 13.9 Å². The first-order valence-corrected chi connectivity index (χ1v) is 14.9. The summed E-state index contributed by atoms with van der Waals surface area (Å²) in [5.41, 5.74) is 4.57. The Morgan fingerprint density at radius 3 is 2.54 bits per heavy atom. The van der Waals surface area contributed by atoms with Gasteiger partial charge in [0.05, 0.1) is 34.8 Å². The maximum Gasteiger partial charge on any atom is 0.255 e. The minimum Gasteiger partial charge on any atom is -0.485 e. The summed E-state index contributed by atoms with van der Waals surface area (Å²) in [7, 11) is 0. The maximum absolute atomic E-state index is 13.8. The van der Waals surface area contributed by atoms with Gasteiger partial charge in [0.1, 0.15) is 23.1 Å². The van der Waals surface area contributed by atoms with Gasteiger partial charge >= 0.3 is 0 Å². The van der Waals surface area contributed by atoms with E-state index in [9.17, 15) is 4.79 Å². The van der Waals surface area contributed by atoms with Crippen LogP contribution in [0.4, 0.5) is 0 Å². The van der Waals surface area contributed by atoms with Crippen LogP contribution in [0, 0.1) is 6.92 Å². The Labute approximate surface area is 248 Å². The van der Waals surface area contributed by atoms with Gasteiger partial charge in [-0.05, 0) is 42.8 Å². The maximum atomic E-state index is 13.8. The molecule has 1 saturated heterocycles.